The molecule has 2 aromatic rings. The Hall–Kier alpha value is -0.414. The molecular formula is C18H21KO5S. The Morgan fingerprint density at radius 3 is 2.40 bits per heavy atom. The predicted octanol–water partition coefficient (Wildman–Crippen LogP) is 0.926. The van der Waals surface area contributed by atoms with Crippen LogP contribution in [-0.4, -0.2) is 13.0 Å². The molecule has 0 aromatic heterocycles. The monoisotopic (exact) mass is 388 g/mol. The second-order valence-electron chi connectivity index (χ2n) is 5.64. The van der Waals surface area contributed by atoms with Gasteiger partial charge in [-0.15, -0.1) is 0 Å². The third kappa shape index (κ3) is 7.38. The molecule has 0 amide bonds. The average Bonchev–Trinajstić information content (AvgIpc) is 2.51. The van der Waals surface area contributed by atoms with Crippen LogP contribution in [0.3, 0.4) is 0 Å². The molecule has 5 nitrogen and oxygen atoms in total. The van der Waals surface area contributed by atoms with Crippen LogP contribution in [-0.2, 0) is 16.5 Å². The van der Waals surface area contributed by atoms with Crippen molar-refractivity contribution in [2.75, 3.05) is 0 Å². The van der Waals surface area contributed by atoms with Crippen LogP contribution in [0.2, 0.25) is 0 Å². The summed E-state index contributed by atoms with van der Waals surface area (Å²) in [5, 5.41) is 11.7. The molecule has 0 aliphatic carbocycles. The molecule has 0 unspecified atom stereocenters. The van der Waals surface area contributed by atoms with E-state index < -0.39 is 20.8 Å². The molecule has 0 saturated carbocycles. The minimum atomic E-state index is -4.51. The summed E-state index contributed by atoms with van der Waals surface area (Å²) in [5.74, 6) is 0.0169. The van der Waals surface area contributed by atoms with Gasteiger partial charge in [0.15, 0.2) is 0 Å². The summed E-state index contributed by atoms with van der Waals surface area (Å²) in [7, 11) is -4.51. The number of ether oxygens (including phenoxy) is 1. The molecule has 130 valence electrons. The maximum Gasteiger partial charge on any atom is 1.00 e. The van der Waals surface area contributed by atoms with Crippen molar-refractivity contribution >= 4 is 10.1 Å². The second-order valence-corrected chi connectivity index (χ2v) is 7.03. The Balaban J connectivity index is 0.00000312. The van der Waals surface area contributed by atoms with Crippen molar-refractivity contribution in [2.24, 2.45) is 0 Å². The van der Waals surface area contributed by atoms with E-state index in [4.69, 9.17) is 9.29 Å². The van der Waals surface area contributed by atoms with Gasteiger partial charge < -0.3 is 9.84 Å². The van der Waals surface area contributed by atoms with E-state index in [0.717, 1.165) is 30.5 Å². The minimum absolute atomic E-state index is 0. The Labute approximate surface area is 191 Å². The predicted molar refractivity (Wildman–Crippen MR) is 90.1 cm³/mol. The summed E-state index contributed by atoms with van der Waals surface area (Å²) >= 11 is 0. The van der Waals surface area contributed by atoms with E-state index >= 15 is 0 Å². The van der Waals surface area contributed by atoms with E-state index in [2.05, 4.69) is 6.92 Å². The summed E-state index contributed by atoms with van der Waals surface area (Å²) in [6.45, 7) is 2.17. The van der Waals surface area contributed by atoms with Crippen LogP contribution in [0.25, 0.3) is 0 Å². The molecule has 2 rings (SSSR count). The van der Waals surface area contributed by atoms with Gasteiger partial charge in [-0.25, -0.2) is 0 Å². The number of unbranched alkanes of at least 4 members (excludes halogenated alkanes) is 3. The Morgan fingerprint density at radius 1 is 1.04 bits per heavy atom. The average molecular weight is 389 g/mol. The number of aryl methyl sites for hydroxylation is 1. The topological polar surface area (TPSA) is 86.7 Å². The van der Waals surface area contributed by atoms with Crippen molar-refractivity contribution in [1.29, 1.82) is 0 Å². The zero-order valence-corrected chi connectivity index (χ0v) is 18.5. The van der Waals surface area contributed by atoms with Crippen molar-refractivity contribution in [3.63, 3.8) is 0 Å². The first-order valence-corrected chi connectivity index (χ1v) is 9.39. The van der Waals surface area contributed by atoms with Crippen LogP contribution < -0.4 is 61.2 Å². The maximum absolute atomic E-state index is 11.7. The molecule has 2 aromatic carbocycles. The third-order valence-electron chi connectivity index (χ3n) is 3.65. The molecule has 0 saturated heterocycles. The van der Waals surface area contributed by atoms with Gasteiger partial charge in [0.2, 0.25) is 0 Å². The number of hydrogen-bond acceptors (Lipinski definition) is 4. The van der Waals surface area contributed by atoms with E-state index in [1.54, 1.807) is 6.07 Å². The van der Waals surface area contributed by atoms with E-state index in [-0.39, 0.29) is 57.1 Å². The first-order chi connectivity index (χ1) is 11.4. The van der Waals surface area contributed by atoms with Crippen molar-refractivity contribution in [2.45, 2.75) is 43.9 Å². The SMILES string of the molecule is CCCCCCc1cccc(Oc2ccc(S(=O)(=O)O)c([O-])c2)c1.[K+]. The second kappa shape index (κ2) is 10.7. The van der Waals surface area contributed by atoms with E-state index in [1.165, 1.54) is 25.3 Å². The fourth-order valence-corrected chi connectivity index (χ4v) is 2.97. The molecule has 0 aliphatic heterocycles. The third-order valence-corrected chi connectivity index (χ3v) is 4.54. The fraction of sp³-hybridized carbons (Fsp3) is 0.333. The van der Waals surface area contributed by atoms with E-state index in [1.807, 2.05) is 18.2 Å². The molecule has 0 fully saturated rings. The van der Waals surface area contributed by atoms with Crippen molar-refractivity contribution < 1.29 is 74.2 Å². The van der Waals surface area contributed by atoms with Crippen LogP contribution in [0.5, 0.6) is 17.2 Å². The first-order valence-electron chi connectivity index (χ1n) is 7.95. The van der Waals surface area contributed by atoms with Gasteiger partial charge in [0.1, 0.15) is 11.5 Å². The molecule has 0 bridgehead atoms. The van der Waals surface area contributed by atoms with Gasteiger partial charge in [-0.1, -0.05) is 44.1 Å². The zero-order valence-electron chi connectivity index (χ0n) is 14.6. The molecule has 0 aliphatic rings. The molecule has 25 heavy (non-hydrogen) atoms. The molecular weight excluding hydrogens is 367 g/mol. The minimum Gasteiger partial charge on any atom is -0.871 e. The van der Waals surface area contributed by atoms with E-state index in [9.17, 15) is 13.5 Å². The van der Waals surface area contributed by atoms with Crippen molar-refractivity contribution in [3.05, 3.63) is 48.0 Å². The molecule has 0 radical (unpaired) electrons. The van der Waals surface area contributed by atoms with Gasteiger partial charge in [-0.3, -0.25) is 4.55 Å². The van der Waals surface area contributed by atoms with Gasteiger partial charge in [0, 0.05) is 0 Å². The fourth-order valence-electron chi connectivity index (χ4n) is 2.42. The summed E-state index contributed by atoms with van der Waals surface area (Å²) in [5.41, 5.74) is 1.15. The first kappa shape index (κ1) is 22.6. The van der Waals surface area contributed by atoms with Gasteiger partial charge in [0.05, 0.1) is 4.90 Å². The maximum atomic E-state index is 11.7. The van der Waals surface area contributed by atoms with Crippen molar-refractivity contribution in [3.8, 4) is 17.2 Å². The number of hydrogen-bond donors (Lipinski definition) is 1. The Morgan fingerprint density at radius 2 is 1.76 bits per heavy atom. The standard InChI is InChI=1S/C18H22O5S.K/c1-2-3-4-5-7-14-8-6-9-15(12-14)23-16-10-11-18(17(19)13-16)24(20,21)22;/h6,8-13,19H,2-5,7H2,1H3,(H,20,21,22);/q;+1/p-1. The summed E-state index contributed by atoms with van der Waals surface area (Å²) in [4.78, 5) is -0.653. The number of rotatable bonds is 8. The number of benzene rings is 2. The molecule has 1 N–H and O–H groups in total. The van der Waals surface area contributed by atoms with Crippen LogP contribution in [0, 0.1) is 0 Å². The smallest absolute Gasteiger partial charge is 0.871 e. The molecule has 0 heterocycles. The van der Waals surface area contributed by atoms with Gasteiger partial charge in [-0.05, 0) is 48.7 Å². The molecule has 0 atom stereocenters. The van der Waals surface area contributed by atoms with Crippen LogP contribution in [0.1, 0.15) is 38.2 Å². The Kier molecular flexibility index (Phi) is 9.65. The Bertz CT molecular complexity index is 790. The van der Waals surface area contributed by atoms with Crippen LogP contribution >= 0.6 is 0 Å². The van der Waals surface area contributed by atoms with Crippen LogP contribution in [0.15, 0.2) is 47.4 Å². The largest absolute Gasteiger partial charge is 1.00 e. The van der Waals surface area contributed by atoms with Gasteiger partial charge in [-0.2, -0.15) is 8.42 Å². The van der Waals surface area contributed by atoms with E-state index in [0.29, 0.717) is 5.75 Å². The summed E-state index contributed by atoms with van der Waals surface area (Å²) in [6.07, 6.45) is 5.69. The van der Waals surface area contributed by atoms with Crippen molar-refractivity contribution in [1.82, 2.24) is 0 Å². The summed E-state index contributed by atoms with van der Waals surface area (Å²) < 4.78 is 36.6. The van der Waals surface area contributed by atoms with Gasteiger partial charge in [0.25, 0.3) is 10.1 Å². The molecule has 7 heteroatoms. The molecule has 0 spiro atoms. The summed E-state index contributed by atoms with van der Waals surface area (Å²) in [6, 6.07) is 11.0. The van der Waals surface area contributed by atoms with Crippen LogP contribution in [0.4, 0.5) is 0 Å². The zero-order chi connectivity index (χ0) is 17.6. The van der Waals surface area contributed by atoms with Gasteiger partial charge >= 0.3 is 51.4 Å². The quantitative estimate of drug-likeness (QED) is 0.413. The normalized spacial score (nSPS) is 11.0.